The van der Waals surface area contributed by atoms with Crippen LogP contribution in [0.1, 0.15) is 35.3 Å². The minimum atomic E-state index is 0.0572. The van der Waals surface area contributed by atoms with Crippen LogP contribution in [0, 0.1) is 0 Å². The molecule has 0 saturated carbocycles. The number of aromatic nitrogens is 2. The largest absolute Gasteiger partial charge is 0.497 e. The number of rotatable bonds is 6. The molecular weight excluding hydrogens is 436 g/mol. The van der Waals surface area contributed by atoms with Gasteiger partial charge in [-0.3, -0.25) is 9.36 Å². The second kappa shape index (κ2) is 9.51. The molecule has 2 aromatic heterocycles. The summed E-state index contributed by atoms with van der Waals surface area (Å²) in [4.78, 5) is 21.2. The first kappa shape index (κ1) is 21.3. The van der Waals surface area contributed by atoms with Gasteiger partial charge in [-0.25, -0.2) is 4.98 Å². The van der Waals surface area contributed by atoms with Crippen molar-refractivity contribution in [2.75, 3.05) is 12.9 Å². The molecule has 4 aromatic rings. The van der Waals surface area contributed by atoms with E-state index < -0.39 is 0 Å². The van der Waals surface area contributed by atoms with Gasteiger partial charge in [-0.15, -0.1) is 11.3 Å². The molecule has 1 aliphatic carbocycles. The van der Waals surface area contributed by atoms with Crippen molar-refractivity contribution in [3.8, 4) is 11.4 Å². The van der Waals surface area contributed by atoms with Crippen LogP contribution in [0.2, 0.25) is 0 Å². The van der Waals surface area contributed by atoms with Gasteiger partial charge in [0.05, 0.1) is 18.2 Å². The van der Waals surface area contributed by atoms with Gasteiger partial charge in [0.2, 0.25) is 0 Å². The van der Waals surface area contributed by atoms with E-state index in [4.69, 9.17) is 9.72 Å². The molecule has 0 aliphatic heterocycles. The fraction of sp³-hybridized carbons (Fsp3) is 0.308. The molecule has 2 heterocycles. The van der Waals surface area contributed by atoms with Gasteiger partial charge in [-0.1, -0.05) is 48.5 Å². The van der Waals surface area contributed by atoms with Gasteiger partial charge in [-0.05, 0) is 67.5 Å². The number of nitrogens with zero attached hydrogens (tertiary/aromatic N) is 2. The highest BCUT2D eigenvalue weighted by atomic mass is 32.2. The second-order valence-corrected chi connectivity index (χ2v) is 10.2. The molecule has 6 heteroatoms. The Balaban J connectivity index is 1.59. The van der Waals surface area contributed by atoms with Crippen molar-refractivity contribution >= 4 is 33.3 Å². The summed E-state index contributed by atoms with van der Waals surface area (Å²) in [6.07, 6.45) is 6.56. The predicted octanol–water partition coefficient (Wildman–Crippen LogP) is 6.06. The van der Waals surface area contributed by atoms with Crippen molar-refractivity contribution in [2.24, 2.45) is 0 Å². The minimum Gasteiger partial charge on any atom is -0.497 e. The first-order valence-electron chi connectivity index (χ1n) is 11.1. The van der Waals surface area contributed by atoms with Crippen LogP contribution in [0.5, 0.6) is 5.75 Å². The van der Waals surface area contributed by atoms with E-state index in [0.29, 0.717) is 0 Å². The van der Waals surface area contributed by atoms with Gasteiger partial charge in [-0.2, -0.15) is 0 Å². The average molecular weight is 463 g/mol. The number of thiophene rings is 1. The first-order chi connectivity index (χ1) is 15.7. The van der Waals surface area contributed by atoms with Gasteiger partial charge in [0.15, 0.2) is 5.16 Å². The lowest BCUT2D eigenvalue weighted by Crippen LogP contribution is -2.22. The Bertz CT molecular complexity index is 1280. The Morgan fingerprint density at radius 2 is 1.81 bits per heavy atom. The lowest BCUT2D eigenvalue weighted by molar-refractivity contribution is 0.414. The molecule has 0 radical (unpaired) electrons. The number of hydrogen-bond acceptors (Lipinski definition) is 5. The third-order valence-electron chi connectivity index (χ3n) is 6.00. The summed E-state index contributed by atoms with van der Waals surface area (Å²) in [7, 11) is 1.65. The molecule has 5 rings (SSSR count). The molecule has 0 unspecified atom stereocenters. The Morgan fingerprint density at radius 1 is 1.03 bits per heavy atom. The van der Waals surface area contributed by atoms with Crippen molar-refractivity contribution in [1.82, 2.24) is 9.55 Å². The van der Waals surface area contributed by atoms with Crippen molar-refractivity contribution in [3.63, 3.8) is 0 Å². The van der Waals surface area contributed by atoms with E-state index in [-0.39, 0.29) is 5.56 Å². The maximum Gasteiger partial charge on any atom is 0.267 e. The van der Waals surface area contributed by atoms with Crippen LogP contribution in [0.3, 0.4) is 0 Å². The van der Waals surface area contributed by atoms with E-state index >= 15 is 0 Å². The molecular formula is C26H26N2O2S2. The quantitative estimate of drug-likeness (QED) is 0.198. The first-order valence-corrected chi connectivity index (χ1v) is 12.9. The summed E-state index contributed by atoms with van der Waals surface area (Å²) in [5.74, 6) is 1.64. The lowest BCUT2D eigenvalue weighted by Gasteiger charge is -2.13. The third kappa shape index (κ3) is 4.21. The van der Waals surface area contributed by atoms with Crippen molar-refractivity contribution < 1.29 is 4.74 Å². The van der Waals surface area contributed by atoms with E-state index in [2.05, 4.69) is 24.3 Å². The highest BCUT2D eigenvalue weighted by Crippen LogP contribution is 2.35. The summed E-state index contributed by atoms with van der Waals surface area (Å²) < 4.78 is 7.12. The fourth-order valence-corrected chi connectivity index (χ4v) is 6.63. The molecule has 0 saturated heterocycles. The molecule has 0 bridgehead atoms. The van der Waals surface area contributed by atoms with Gasteiger partial charge in [0.1, 0.15) is 10.6 Å². The molecule has 0 atom stereocenters. The number of hydrogen-bond donors (Lipinski definition) is 0. The normalized spacial score (nSPS) is 13.7. The zero-order chi connectivity index (χ0) is 21.9. The van der Waals surface area contributed by atoms with Crippen LogP contribution in [0.25, 0.3) is 15.9 Å². The molecule has 0 amide bonds. The van der Waals surface area contributed by atoms with Crippen LogP contribution < -0.4 is 10.3 Å². The minimum absolute atomic E-state index is 0.0572. The Hall–Kier alpha value is -2.57. The molecule has 1 aliphatic rings. The fourth-order valence-electron chi connectivity index (χ4n) is 4.32. The SMILES string of the molecule is COc1ccc(-n2c(SCCc3ccccc3)nc3sc4c(c3c2=O)CCCCC4)cc1. The molecule has 0 spiro atoms. The highest BCUT2D eigenvalue weighted by Gasteiger charge is 2.22. The van der Waals surface area contributed by atoms with Crippen molar-refractivity contribution in [3.05, 3.63) is 81.0 Å². The van der Waals surface area contributed by atoms with Gasteiger partial charge in [0, 0.05) is 10.6 Å². The van der Waals surface area contributed by atoms with Crippen molar-refractivity contribution in [1.29, 1.82) is 0 Å². The number of benzene rings is 2. The molecule has 4 nitrogen and oxygen atoms in total. The number of fused-ring (bicyclic) bond motifs is 3. The van der Waals surface area contributed by atoms with Crippen LogP contribution in [-0.4, -0.2) is 22.4 Å². The van der Waals surface area contributed by atoms with Crippen LogP contribution in [-0.2, 0) is 19.3 Å². The molecule has 0 fully saturated rings. The number of ether oxygens (including phenoxy) is 1. The topological polar surface area (TPSA) is 44.1 Å². The Kier molecular flexibility index (Phi) is 6.32. The highest BCUT2D eigenvalue weighted by molar-refractivity contribution is 7.99. The molecule has 164 valence electrons. The molecule has 0 N–H and O–H groups in total. The summed E-state index contributed by atoms with van der Waals surface area (Å²) in [6, 6.07) is 18.1. The van der Waals surface area contributed by atoms with Crippen LogP contribution in [0.15, 0.2) is 64.5 Å². The van der Waals surface area contributed by atoms with Gasteiger partial charge >= 0.3 is 0 Å². The standard InChI is InChI=1S/C26H26N2O2S2/c1-30-20-14-12-19(13-15-20)28-25(29)23-21-10-6-3-7-11-22(21)32-24(23)27-26(28)31-17-16-18-8-4-2-5-9-18/h2,4-5,8-9,12-15H,3,6-7,10-11,16-17H2,1H3. The smallest absolute Gasteiger partial charge is 0.267 e. The number of thioether (sulfide) groups is 1. The summed E-state index contributed by atoms with van der Waals surface area (Å²) in [5, 5.41) is 1.59. The average Bonchev–Trinajstić information content (AvgIpc) is 3.01. The zero-order valence-corrected chi connectivity index (χ0v) is 19.8. The summed E-state index contributed by atoms with van der Waals surface area (Å²) >= 11 is 3.38. The van der Waals surface area contributed by atoms with Gasteiger partial charge < -0.3 is 4.74 Å². The monoisotopic (exact) mass is 462 g/mol. The number of methoxy groups -OCH3 is 1. The van der Waals surface area contributed by atoms with E-state index in [9.17, 15) is 4.79 Å². The Labute approximate surface area is 196 Å². The third-order valence-corrected chi connectivity index (χ3v) is 8.13. The zero-order valence-electron chi connectivity index (χ0n) is 18.2. The molecule has 32 heavy (non-hydrogen) atoms. The number of aryl methyl sites for hydroxylation is 3. The maximum atomic E-state index is 13.9. The molecule has 2 aromatic carbocycles. The van der Waals surface area contributed by atoms with Crippen LogP contribution in [0.4, 0.5) is 0 Å². The van der Waals surface area contributed by atoms with Crippen molar-refractivity contribution in [2.45, 2.75) is 43.7 Å². The predicted molar refractivity (Wildman–Crippen MR) is 134 cm³/mol. The van der Waals surface area contributed by atoms with E-state index in [1.54, 1.807) is 34.8 Å². The second-order valence-electron chi connectivity index (χ2n) is 8.06. The van der Waals surface area contributed by atoms with E-state index in [0.717, 1.165) is 58.2 Å². The lowest BCUT2D eigenvalue weighted by atomic mass is 10.1. The van der Waals surface area contributed by atoms with Crippen LogP contribution >= 0.6 is 23.1 Å². The maximum absolute atomic E-state index is 13.9. The van der Waals surface area contributed by atoms with E-state index in [1.807, 2.05) is 30.3 Å². The summed E-state index contributed by atoms with van der Waals surface area (Å²) in [5.41, 5.74) is 3.42. The summed E-state index contributed by atoms with van der Waals surface area (Å²) in [6.45, 7) is 0. The Morgan fingerprint density at radius 3 is 2.59 bits per heavy atom. The van der Waals surface area contributed by atoms with E-state index in [1.165, 1.54) is 28.8 Å². The van der Waals surface area contributed by atoms with Gasteiger partial charge in [0.25, 0.3) is 5.56 Å².